The Balaban J connectivity index is 1.80. The maximum Gasteiger partial charge on any atom is 0.163 e. The van der Waals surface area contributed by atoms with Gasteiger partial charge in [0.2, 0.25) is 0 Å². The van der Waals surface area contributed by atoms with Gasteiger partial charge in [-0.1, -0.05) is 6.08 Å². The van der Waals surface area contributed by atoms with Crippen molar-refractivity contribution in [3.8, 4) is 16.9 Å². The number of hydrogen-bond donors (Lipinski definition) is 2. The summed E-state index contributed by atoms with van der Waals surface area (Å²) in [7, 11) is -3.21. The molecule has 3 aromatic rings. The molecule has 158 valence electrons. The molecule has 1 atom stereocenters. The number of halogens is 1. The third-order valence-electron chi connectivity index (χ3n) is 5.09. The fraction of sp³-hybridized carbons (Fsp3) is 0.318. The van der Waals surface area contributed by atoms with Crippen LogP contribution in [0.4, 0.5) is 4.39 Å². The van der Waals surface area contributed by atoms with Crippen molar-refractivity contribution in [2.45, 2.75) is 31.7 Å². The Kier molecular flexibility index (Phi) is 5.38. The van der Waals surface area contributed by atoms with Crippen LogP contribution in [0.1, 0.15) is 26.0 Å². The molecule has 30 heavy (non-hydrogen) atoms. The van der Waals surface area contributed by atoms with E-state index in [1.54, 1.807) is 12.3 Å². The Morgan fingerprint density at radius 3 is 2.73 bits per heavy atom. The first-order valence-corrected chi connectivity index (χ1v) is 11.7. The van der Waals surface area contributed by atoms with Crippen LogP contribution in [0, 0.1) is 5.82 Å². The van der Waals surface area contributed by atoms with E-state index in [1.807, 2.05) is 32.1 Å². The zero-order valence-electron chi connectivity index (χ0n) is 17.1. The quantitative estimate of drug-likeness (QED) is 0.643. The summed E-state index contributed by atoms with van der Waals surface area (Å²) in [5.74, 6) is 0.249. The van der Waals surface area contributed by atoms with Gasteiger partial charge in [-0.15, -0.1) is 0 Å². The zero-order chi connectivity index (χ0) is 21.5. The molecule has 1 aliphatic heterocycles. The van der Waals surface area contributed by atoms with Crippen molar-refractivity contribution in [2.75, 3.05) is 12.8 Å². The molecule has 0 radical (unpaired) electrons. The summed E-state index contributed by atoms with van der Waals surface area (Å²) in [5, 5.41) is 3.21. The maximum atomic E-state index is 14.1. The fourth-order valence-corrected chi connectivity index (χ4v) is 4.58. The minimum Gasteiger partial charge on any atom is -0.490 e. The van der Waals surface area contributed by atoms with Gasteiger partial charge in [0.15, 0.2) is 9.84 Å². The molecule has 1 aliphatic rings. The number of rotatable bonds is 5. The maximum absolute atomic E-state index is 14.1. The molecule has 1 unspecified atom stereocenters. The predicted molar refractivity (Wildman–Crippen MR) is 116 cm³/mol. The zero-order valence-corrected chi connectivity index (χ0v) is 17.9. The van der Waals surface area contributed by atoms with Crippen molar-refractivity contribution in [1.29, 1.82) is 0 Å². The Morgan fingerprint density at radius 1 is 1.20 bits per heavy atom. The molecular formula is C22H24FN3O3S. The van der Waals surface area contributed by atoms with Crippen LogP contribution in [0.15, 0.2) is 42.6 Å². The van der Waals surface area contributed by atoms with Crippen LogP contribution in [0.5, 0.6) is 5.75 Å². The summed E-state index contributed by atoms with van der Waals surface area (Å²) in [6.45, 7) is 4.32. The fourth-order valence-electron chi connectivity index (χ4n) is 3.70. The highest BCUT2D eigenvalue weighted by atomic mass is 32.2. The first-order chi connectivity index (χ1) is 14.2. The number of aromatic nitrogens is 2. The SMILES string of the molecule is CC(C)Oc1ccc(F)cc1-c1ccnc2[nH]c(C3=CCNC(S(C)(=O)=O)C3)cc12. The van der Waals surface area contributed by atoms with Crippen molar-refractivity contribution < 1.29 is 17.5 Å². The third kappa shape index (κ3) is 4.11. The number of nitrogens with zero attached hydrogens (tertiary/aromatic N) is 1. The number of benzene rings is 1. The lowest BCUT2D eigenvalue weighted by atomic mass is 10.0. The molecule has 2 aromatic heterocycles. The minimum atomic E-state index is -3.21. The summed E-state index contributed by atoms with van der Waals surface area (Å²) in [6.07, 6.45) is 5.18. The highest BCUT2D eigenvalue weighted by Crippen LogP contribution is 2.37. The van der Waals surface area contributed by atoms with Crippen LogP contribution >= 0.6 is 0 Å². The molecule has 0 bridgehead atoms. The Hall–Kier alpha value is -2.71. The Labute approximate surface area is 175 Å². The third-order valence-corrected chi connectivity index (χ3v) is 6.46. The number of nitrogens with one attached hydrogen (secondary N) is 2. The molecule has 3 heterocycles. The second-order valence-electron chi connectivity index (χ2n) is 7.77. The smallest absolute Gasteiger partial charge is 0.163 e. The molecule has 6 nitrogen and oxygen atoms in total. The summed E-state index contributed by atoms with van der Waals surface area (Å²) < 4.78 is 43.9. The lowest BCUT2D eigenvalue weighted by molar-refractivity contribution is 0.243. The van der Waals surface area contributed by atoms with Gasteiger partial charge in [0, 0.05) is 42.1 Å². The molecule has 8 heteroatoms. The summed E-state index contributed by atoms with van der Waals surface area (Å²) in [6, 6.07) is 8.25. The van der Waals surface area contributed by atoms with Gasteiger partial charge >= 0.3 is 0 Å². The topological polar surface area (TPSA) is 84.1 Å². The Morgan fingerprint density at radius 2 is 2.00 bits per heavy atom. The van der Waals surface area contributed by atoms with Crippen LogP contribution in [0.25, 0.3) is 27.7 Å². The van der Waals surface area contributed by atoms with Crippen molar-refractivity contribution in [2.24, 2.45) is 0 Å². The van der Waals surface area contributed by atoms with E-state index >= 15 is 0 Å². The van der Waals surface area contributed by atoms with Gasteiger partial charge in [-0.05, 0) is 55.3 Å². The second-order valence-corrected chi connectivity index (χ2v) is 10.00. The number of ether oxygens (including phenoxy) is 1. The standard InChI is InChI=1S/C22H24FN3O3S/c1-13(2)29-20-5-4-15(23)11-17(20)16-7-9-25-22-18(16)12-19(26-22)14-6-8-24-21(10-14)30(3,27)28/h4-7,9,11-13,21,24H,8,10H2,1-3H3,(H,25,26). The highest BCUT2D eigenvalue weighted by Gasteiger charge is 2.25. The van der Waals surface area contributed by atoms with Crippen molar-refractivity contribution >= 4 is 26.4 Å². The number of fused-ring (bicyclic) bond motifs is 1. The molecule has 1 aromatic carbocycles. The molecule has 4 rings (SSSR count). The molecule has 0 saturated carbocycles. The summed E-state index contributed by atoms with van der Waals surface area (Å²) in [5.41, 5.74) is 3.81. The van der Waals surface area contributed by atoms with Crippen LogP contribution in [-0.4, -0.2) is 42.7 Å². The summed E-state index contributed by atoms with van der Waals surface area (Å²) in [4.78, 5) is 7.70. The van der Waals surface area contributed by atoms with Gasteiger partial charge in [0.05, 0.1) is 6.10 Å². The number of pyridine rings is 1. The van der Waals surface area contributed by atoms with Gasteiger partial charge in [0.1, 0.15) is 22.6 Å². The molecule has 2 N–H and O–H groups in total. The van der Waals surface area contributed by atoms with E-state index in [0.717, 1.165) is 22.2 Å². The largest absolute Gasteiger partial charge is 0.490 e. The van der Waals surface area contributed by atoms with E-state index in [-0.39, 0.29) is 11.9 Å². The van der Waals surface area contributed by atoms with E-state index < -0.39 is 15.2 Å². The predicted octanol–water partition coefficient (Wildman–Crippen LogP) is 3.90. The number of aromatic amines is 1. The van der Waals surface area contributed by atoms with E-state index in [9.17, 15) is 12.8 Å². The number of hydrogen-bond acceptors (Lipinski definition) is 5. The van der Waals surface area contributed by atoms with Crippen molar-refractivity contribution in [1.82, 2.24) is 15.3 Å². The van der Waals surface area contributed by atoms with Gasteiger partial charge < -0.3 is 9.72 Å². The van der Waals surface area contributed by atoms with E-state index in [2.05, 4.69) is 15.3 Å². The van der Waals surface area contributed by atoms with Gasteiger partial charge in [-0.2, -0.15) is 0 Å². The Bertz CT molecular complexity index is 1230. The van der Waals surface area contributed by atoms with Crippen molar-refractivity contribution in [3.05, 3.63) is 54.1 Å². The average Bonchev–Trinajstić information content (AvgIpc) is 3.13. The first kappa shape index (κ1) is 20.6. The molecule has 0 saturated heterocycles. The monoisotopic (exact) mass is 429 g/mol. The van der Waals surface area contributed by atoms with E-state index in [4.69, 9.17) is 4.74 Å². The molecular weight excluding hydrogens is 405 g/mol. The van der Waals surface area contributed by atoms with Crippen LogP contribution in [0.3, 0.4) is 0 Å². The lowest BCUT2D eigenvalue weighted by Gasteiger charge is -2.22. The highest BCUT2D eigenvalue weighted by molar-refractivity contribution is 7.91. The van der Waals surface area contributed by atoms with E-state index in [0.29, 0.717) is 29.9 Å². The molecule has 0 spiro atoms. The molecule has 0 fully saturated rings. The van der Waals surface area contributed by atoms with E-state index in [1.165, 1.54) is 18.4 Å². The number of sulfone groups is 1. The molecule has 0 amide bonds. The minimum absolute atomic E-state index is 0.0545. The van der Waals surface area contributed by atoms with Crippen LogP contribution in [0.2, 0.25) is 0 Å². The summed E-state index contributed by atoms with van der Waals surface area (Å²) >= 11 is 0. The average molecular weight is 430 g/mol. The van der Waals surface area contributed by atoms with Gasteiger partial charge in [-0.25, -0.2) is 17.8 Å². The normalized spacial score (nSPS) is 17.4. The number of H-pyrrole nitrogens is 1. The first-order valence-electron chi connectivity index (χ1n) is 9.78. The van der Waals surface area contributed by atoms with Crippen LogP contribution in [-0.2, 0) is 9.84 Å². The lowest BCUT2D eigenvalue weighted by Crippen LogP contribution is -2.38. The van der Waals surface area contributed by atoms with Crippen LogP contribution < -0.4 is 10.1 Å². The van der Waals surface area contributed by atoms with Gasteiger partial charge in [-0.3, -0.25) is 5.32 Å². The second kappa shape index (κ2) is 7.85. The molecule has 0 aliphatic carbocycles. The van der Waals surface area contributed by atoms with Crippen molar-refractivity contribution in [3.63, 3.8) is 0 Å². The van der Waals surface area contributed by atoms with Gasteiger partial charge in [0.25, 0.3) is 0 Å².